The minimum Gasteiger partial charge on any atom is -0.396 e. The second-order valence-corrected chi connectivity index (χ2v) is 4.64. The van der Waals surface area contributed by atoms with E-state index in [1.165, 1.54) is 6.07 Å². The Hall–Kier alpha value is -1.69. The van der Waals surface area contributed by atoms with Gasteiger partial charge in [-0.1, -0.05) is 13.8 Å². The minimum absolute atomic E-state index is 0.0441. The van der Waals surface area contributed by atoms with Crippen molar-refractivity contribution in [1.29, 1.82) is 0 Å². The van der Waals surface area contributed by atoms with E-state index in [0.717, 1.165) is 25.0 Å². The van der Waals surface area contributed by atoms with Crippen LogP contribution in [0.3, 0.4) is 0 Å². The summed E-state index contributed by atoms with van der Waals surface area (Å²) in [5, 5.41) is 22.9. The van der Waals surface area contributed by atoms with Crippen LogP contribution in [0.1, 0.15) is 26.7 Å². The van der Waals surface area contributed by atoms with Gasteiger partial charge in [0.1, 0.15) is 0 Å². The van der Waals surface area contributed by atoms with Crippen molar-refractivity contribution in [3.8, 4) is 0 Å². The maximum Gasteiger partial charge on any atom is 0.304 e. The van der Waals surface area contributed by atoms with Crippen molar-refractivity contribution < 1.29 is 14.4 Å². The fraction of sp³-hybridized carbons (Fsp3) is 0.538. The first-order valence-electron chi connectivity index (χ1n) is 6.26. The van der Waals surface area contributed by atoms with Crippen LogP contribution in [0.2, 0.25) is 0 Å². The summed E-state index contributed by atoms with van der Waals surface area (Å²) < 4.78 is 13.4. The summed E-state index contributed by atoms with van der Waals surface area (Å²) in [7, 11) is 0. The summed E-state index contributed by atoms with van der Waals surface area (Å²) in [6.45, 7) is 4.51. The van der Waals surface area contributed by atoms with E-state index in [0.29, 0.717) is 12.2 Å². The van der Waals surface area contributed by atoms with Crippen LogP contribution in [-0.2, 0) is 0 Å². The Balaban J connectivity index is 2.78. The Morgan fingerprint density at radius 1 is 1.42 bits per heavy atom. The molecular formula is C13H19FN2O3. The predicted octanol–water partition coefficient (Wildman–Crippen LogP) is 2.94. The predicted molar refractivity (Wildman–Crippen MR) is 71.6 cm³/mol. The average Bonchev–Trinajstić information content (AvgIpc) is 2.40. The molecule has 0 radical (unpaired) electrons. The first-order valence-corrected chi connectivity index (χ1v) is 6.26. The standard InChI is InChI=1S/C13H19FN2O3/c1-3-13(4-2,9-17)8-15-10-5-6-12(16(18)19)11(14)7-10/h5-7,15,17H,3-4,8-9H2,1-2H3. The molecule has 0 aromatic heterocycles. The summed E-state index contributed by atoms with van der Waals surface area (Å²) >= 11 is 0. The van der Waals surface area contributed by atoms with E-state index >= 15 is 0 Å². The van der Waals surface area contributed by atoms with Gasteiger partial charge in [0.25, 0.3) is 0 Å². The van der Waals surface area contributed by atoms with Crippen molar-refractivity contribution in [2.45, 2.75) is 26.7 Å². The van der Waals surface area contributed by atoms with Crippen LogP contribution in [0.15, 0.2) is 18.2 Å². The SMILES string of the molecule is CCC(CC)(CO)CNc1ccc([N+](=O)[O-])c(F)c1. The van der Waals surface area contributed by atoms with Crippen LogP contribution in [-0.4, -0.2) is 23.2 Å². The highest BCUT2D eigenvalue weighted by Crippen LogP contribution is 2.27. The van der Waals surface area contributed by atoms with Gasteiger partial charge in [-0.3, -0.25) is 10.1 Å². The number of benzene rings is 1. The van der Waals surface area contributed by atoms with Crippen molar-refractivity contribution in [3.63, 3.8) is 0 Å². The lowest BCUT2D eigenvalue weighted by atomic mass is 9.83. The topological polar surface area (TPSA) is 75.4 Å². The van der Waals surface area contributed by atoms with Gasteiger partial charge in [0.05, 0.1) is 11.5 Å². The molecule has 0 spiro atoms. The van der Waals surface area contributed by atoms with E-state index in [1.807, 2.05) is 13.8 Å². The molecule has 0 aliphatic carbocycles. The number of nitro benzene ring substituents is 1. The van der Waals surface area contributed by atoms with Crippen molar-refractivity contribution in [2.75, 3.05) is 18.5 Å². The molecule has 0 fully saturated rings. The molecule has 0 saturated carbocycles. The first-order chi connectivity index (χ1) is 8.98. The Kier molecular flexibility index (Phi) is 5.23. The molecule has 0 amide bonds. The minimum atomic E-state index is -0.863. The molecule has 1 rings (SSSR count). The summed E-state index contributed by atoms with van der Waals surface area (Å²) in [5.41, 5.74) is -0.314. The van der Waals surface area contributed by atoms with Crippen molar-refractivity contribution in [2.24, 2.45) is 5.41 Å². The van der Waals surface area contributed by atoms with Gasteiger partial charge in [-0.2, -0.15) is 4.39 Å². The highest BCUT2D eigenvalue weighted by Gasteiger charge is 2.25. The maximum atomic E-state index is 13.4. The van der Waals surface area contributed by atoms with Gasteiger partial charge >= 0.3 is 5.69 Å². The quantitative estimate of drug-likeness (QED) is 0.590. The van der Waals surface area contributed by atoms with Crippen LogP contribution in [0, 0.1) is 21.3 Å². The fourth-order valence-electron chi connectivity index (χ4n) is 1.83. The Morgan fingerprint density at radius 2 is 2.05 bits per heavy atom. The molecule has 0 saturated heterocycles. The van der Waals surface area contributed by atoms with Crippen molar-refractivity contribution >= 4 is 11.4 Å². The smallest absolute Gasteiger partial charge is 0.304 e. The third-order valence-electron chi connectivity index (χ3n) is 3.65. The average molecular weight is 270 g/mol. The summed E-state index contributed by atoms with van der Waals surface area (Å²) in [4.78, 5) is 9.75. The molecule has 0 atom stereocenters. The molecule has 1 aromatic carbocycles. The lowest BCUT2D eigenvalue weighted by Crippen LogP contribution is -2.32. The molecular weight excluding hydrogens is 251 g/mol. The number of nitro groups is 1. The third-order valence-corrected chi connectivity index (χ3v) is 3.65. The van der Waals surface area contributed by atoms with Crippen LogP contribution in [0.4, 0.5) is 15.8 Å². The highest BCUT2D eigenvalue weighted by molar-refractivity contribution is 5.49. The highest BCUT2D eigenvalue weighted by atomic mass is 19.1. The van der Waals surface area contributed by atoms with Gasteiger partial charge in [-0.15, -0.1) is 0 Å². The van der Waals surface area contributed by atoms with Crippen LogP contribution in [0.5, 0.6) is 0 Å². The van der Waals surface area contributed by atoms with E-state index in [4.69, 9.17) is 0 Å². The van der Waals surface area contributed by atoms with Crippen molar-refractivity contribution in [3.05, 3.63) is 34.1 Å². The van der Waals surface area contributed by atoms with E-state index in [9.17, 15) is 19.6 Å². The molecule has 1 aromatic rings. The van der Waals surface area contributed by atoms with Gasteiger partial charge in [0, 0.05) is 29.8 Å². The molecule has 2 N–H and O–H groups in total. The lowest BCUT2D eigenvalue weighted by Gasteiger charge is -2.30. The third kappa shape index (κ3) is 3.64. The maximum absolute atomic E-state index is 13.4. The first kappa shape index (κ1) is 15.4. The molecule has 0 bridgehead atoms. The Morgan fingerprint density at radius 3 is 2.47 bits per heavy atom. The molecule has 0 aliphatic rings. The Bertz CT molecular complexity index is 439. The molecule has 6 heteroatoms. The van der Waals surface area contributed by atoms with E-state index < -0.39 is 16.4 Å². The number of aliphatic hydroxyl groups is 1. The number of hydrogen-bond acceptors (Lipinski definition) is 4. The fourth-order valence-corrected chi connectivity index (χ4v) is 1.83. The molecule has 0 unspecified atom stereocenters. The largest absolute Gasteiger partial charge is 0.396 e. The van der Waals surface area contributed by atoms with Gasteiger partial charge in [0.2, 0.25) is 5.82 Å². The van der Waals surface area contributed by atoms with Crippen LogP contribution < -0.4 is 5.32 Å². The van der Waals surface area contributed by atoms with Crippen LogP contribution >= 0.6 is 0 Å². The number of rotatable bonds is 7. The molecule has 0 aliphatic heterocycles. The van der Waals surface area contributed by atoms with E-state index in [2.05, 4.69) is 5.32 Å². The van der Waals surface area contributed by atoms with Gasteiger partial charge in [-0.25, -0.2) is 0 Å². The second kappa shape index (κ2) is 6.47. The molecule has 0 heterocycles. The summed E-state index contributed by atoms with van der Waals surface area (Å²) in [5.74, 6) is -0.863. The van der Waals surface area contributed by atoms with E-state index in [-0.39, 0.29) is 12.0 Å². The zero-order valence-corrected chi connectivity index (χ0v) is 11.1. The van der Waals surface area contributed by atoms with Crippen molar-refractivity contribution in [1.82, 2.24) is 0 Å². The Labute approximate surface area is 111 Å². The zero-order chi connectivity index (χ0) is 14.5. The number of halogens is 1. The van der Waals surface area contributed by atoms with Gasteiger partial charge in [0.15, 0.2) is 0 Å². The van der Waals surface area contributed by atoms with Crippen LogP contribution in [0.25, 0.3) is 0 Å². The summed E-state index contributed by atoms with van der Waals surface area (Å²) in [6, 6.07) is 3.70. The second-order valence-electron chi connectivity index (χ2n) is 4.64. The molecule has 19 heavy (non-hydrogen) atoms. The summed E-state index contributed by atoms with van der Waals surface area (Å²) in [6.07, 6.45) is 1.59. The number of anilines is 1. The number of hydrogen-bond donors (Lipinski definition) is 2. The normalized spacial score (nSPS) is 11.4. The molecule has 5 nitrogen and oxygen atoms in total. The lowest BCUT2D eigenvalue weighted by molar-refractivity contribution is -0.387. The van der Waals surface area contributed by atoms with Gasteiger partial charge in [-0.05, 0) is 18.9 Å². The molecule has 106 valence electrons. The monoisotopic (exact) mass is 270 g/mol. The zero-order valence-electron chi connectivity index (χ0n) is 11.1. The number of nitrogens with zero attached hydrogens (tertiary/aromatic N) is 1. The number of nitrogens with one attached hydrogen (secondary N) is 1. The van der Waals surface area contributed by atoms with Gasteiger partial charge < -0.3 is 10.4 Å². The number of aliphatic hydroxyl groups excluding tert-OH is 1. The van der Waals surface area contributed by atoms with E-state index in [1.54, 1.807) is 0 Å².